The number of aromatic nitrogens is 2. The van der Waals surface area contributed by atoms with Crippen LogP contribution in [-0.2, 0) is 10.0 Å². The molecule has 0 aliphatic carbocycles. The van der Waals surface area contributed by atoms with E-state index < -0.39 is 15.6 Å². The standard InChI is InChI=1S/C6H9ClN4O3S/c7-5-4(3-10-11-6(5)12)9-1-2-15(8,13)14/h3H,1-2H2,(H2,8,13,14)(H2,9,11,12). The van der Waals surface area contributed by atoms with Gasteiger partial charge in [-0.1, -0.05) is 11.6 Å². The van der Waals surface area contributed by atoms with Crippen molar-refractivity contribution < 1.29 is 8.42 Å². The number of nitrogens with two attached hydrogens (primary N) is 1. The number of nitrogens with one attached hydrogen (secondary N) is 2. The maximum Gasteiger partial charge on any atom is 0.285 e. The molecule has 7 nitrogen and oxygen atoms in total. The van der Waals surface area contributed by atoms with Gasteiger partial charge in [-0.15, -0.1) is 0 Å². The Morgan fingerprint density at radius 2 is 2.27 bits per heavy atom. The molecule has 0 aliphatic heterocycles. The first kappa shape index (κ1) is 12.0. The van der Waals surface area contributed by atoms with Gasteiger partial charge in [-0.3, -0.25) is 4.79 Å². The zero-order valence-electron chi connectivity index (χ0n) is 7.53. The predicted molar refractivity (Wildman–Crippen MR) is 56.3 cm³/mol. The van der Waals surface area contributed by atoms with Crippen molar-refractivity contribution in [2.45, 2.75) is 0 Å². The smallest absolute Gasteiger partial charge is 0.285 e. The molecule has 9 heteroatoms. The third-order valence-electron chi connectivity index (χ3n) is 1.50. The summed E-state index contributed by atoms with van der Waals surface area (Å²) in [5.74, 6) is -0.254. The number of sulfonamides is 1. The lowest BCUT2D eigenvalue weighted by molar-refractivity contribution is 0.598. The van der Waals surface area contributed by atoms with Crippen molar-refractivity contribution in [1.82, 2.24) is 10.2 Å². The Bertz CT molecular complexity index is 497. The molecule has 1 rings (SSSR count). The van der Waals surface area contributed by atoms with Crippen molar-refractivity contribution in [3.8, 4) is 0 Å². The molecular weight excluding hydrogens is 244 g/mol. The molecule has 0 unspecified atom stereocenters. The maximum atomic E-state index is 11.0. The van der Waals surface area contributed by atoms with E-state index in [9.17, 15) is 13.2 Å². The van der Waals surface area contributed by atoms with Crippen molar-refractivity contribution in [2.24, 2.45) is 5.14 Å². The Morgan fingerprint density at radius 1 is 1.60 bits per heavy atom. The summed E-state index contributed by atoms with van der Waals surface area (Å²) < 4.78 is 21.2. The number of hydrogen-bond donors (Lipinski definition) is 3. The molecule has 84 valence electrons. The van der Waals surface area contributed by atoms with Gasteiger partial charge in [0.25, 0.3) is 5.56 Å². The topological polar surface area (TPSA) is 118 Å². The lowest BCUT2D eigenvalue weighted by atomic mass is 10.4. The normalized spacial score (nSPS) is 11.3. The molecule has 0 fully saturated rings. The number of rotatable bonds is 4. The molecule has 1 aromatic heterocycles. The molecule has 0 atom stereocenters. The van der Waals surface area contributed by atoms with E-state index >= 15 is 0 Å². The van der Waals surface area contributed by atoms with Crippen molar-refractivity contribution >= 4 is 27.3 Å². The summed E-state index contributed by atoms with van der Waals surface area (Å²) in [5.41, 5.74) is -0.277. The lowest BCUT2D eigenvalue weighted by Gasteiger charge is -2.05. The largest absolute Gasteiger partial charge is 0.381 e. The average Bonchev–Trinajstić information content (AvgIpc) is 2.10. The lowest BCUT2D eigenvalue weighted by Crippen LogP contribution is -2.23. The first-order valence-corrected chi connectivity index (χ1v) is 5.97. The summed E-state index contributed by atoms with van der Waals surface area (Å²) in [7, 11) is -3.53. The highest BCUT2D eigenvalue weighted by molar-refractivity contribution is 7.89. The second-order valence-electron chi connectivity index (χ2n) is 2.72. The molecule has 0 aliphatic rings. The first-order chi connectivity index (χ1) is 6.90. The molecule has 4 N–H and O–H groups in total. The number of nitrogens with zero attached hydrogens (tertiary/aromatic N) is 1. The van der Waals surface area contributed by atoms with Crippen molar-refractivity contribution in [3.63, 3.8) is 0 Å². The third-order valence-corrected chi connectivity index (χ3v) is 2.65. The van der Waals surface area contributed by atoms with Crippen LogP contribution < -0.4 is 16.0 Å². The fourth-order valence-corrected chi connectivity index (χ4v) is 1.38. The van der Waals surface area contributed by atoms with E-state index in [1.807, 2.05) is 0 Å². The van der Waals surface area contributed by atoms with Crippen LogP contribution in [0.25, 0.3) is 0 Å². The van der Waals surface area contributed by atoms with Crippen LogP contribution in [0.5, 0.6) is 0 Å². The third kappa shape index (κ3) is 3.86. The summed E-state index contributed by atoms with van der Waals surface area (Å²) in [5, 5.41) is 13.0. The Morgan fingerprint density at radius 3 is 2.87 bits per heavy atom. The minimum atomic E-state index is -3.53. The molecular formula is C6H9ClN4O3S. The van der Waals surface area contributed by atoms with E-state index in [0.29, 0.717) is 0 Å². The van der Waals surface area contributed by atoms with Crippen LogP contribution >= 0.6 is 11.6 Å². The monoisotopic (exact) mass is 252 g/mol. The van der Waals surface area contributed by atoms with Gasteiger partial charge in [-0.25, -0.2) is 18.7 Å². The van der Waals surface area contributed by atoms with E-state index in [2.05, 4.69) is 15.5 Å². The molecule has 0 saturated heterocycles. The highest BCUT2D eigenvalue weighted by Crippen LogP contribution is 2.13. The van der Waals surface area contributed by atoms with Gasteiger partial charge in [0.15, 0.2) is 0 Å². The summed E-state index contributed by atoms with van der Waals surface area (Å²) in [4.78, 5) is 11.0. The Balaban J connectivity index is 2.67. The molecule has 0 saturated carbocycles. The van der Waals surface area contributed by atoms with E-state index in [1.54, 1.807) is 0 Å². The van der Waals surface area contributed by atoms with Crippen LogP contribution in [0.2, 0.25) is 5.02 Å². The highest BCUT2D eigenvalue weighted by atomic mass is 35.5. The first-order valence-electron chi connectivity index (χ1n) is 3.87. The summed E-state index contributed by atoms with van der Waals surface area (Å²) >= 11 is 5.62. The van der Waals surface area contributed by atoms with E-state index in [0.717, 1.165) is 0 Å². The molecule has 0 aromatic carbocycles. The van der Waals surface area contributed by atoms with Gasteiger partial charge in [0.2, 0.25) is 10.0 Å². The Kier molecular flexibility index (Phi) is 3.66. The zero-order valence-corrected chi connectivity index (χ0v) is 9.10. The van der Waals surface area contributed by atoms with E-state index in [-0.39, 0.29) is 23.0 Å². The minimum Gasteiger partial charge on any atom is -0.381 e. The second-order valence-corrected chi connectivity index (χ2v) is 4.83. The van der Waals surface area contributed by atoms with Gasteiger partial charge in [0, 0.05) is 6.54 Å². The highest BCUT2D eigenvalue weighted by Gasteiger charge is 2.06. The van der Waals surface area contributed by atoms with Crippen LogP contribution in [0.1, 0.15) is 0 Å². The number of anilines is 1. The number of hydrogen-bond acceptors (Lipinski definition) is 5. The fraction of sp³-hybridized carbons (Fsp3) is 0.333. The van der Waals surface area contributed by atoms with E-state index in [4.69, 9.17) is 16.7 Å². The van der Waals surface area contributed by atoms with Gasteiger partial charge in [-0.2, -0.15) is 5.10 Å². The molecule has 0 spiro atoms. The number of halogens is 1. The van der Waals surface area contributed by atoms with Crippen LogP contribution in [0.3, 0.4) is 0 Å². The summed E-state index contributed by atoms with van der Waals surface area (Å²) in [6, 6.07) is 0. The van der Waals surface area contributed by atoms with Gasteiger partial charge in [0.1, 0.15) is 5.02 Å². The van der Waals surface area contributed by atoms with Gasteiger partial charge >= 0.3 is 0 Å². The number of H-pyrrole nitrogens is 1. The molecule has 1 heterocycles. The molecule has 0 radical (unpaired) electrons. The zero-order chi connectivity index (χ0) is 11.5. The Labute approximate surface area is 90.7 Å². The predicted octanol–water partition coefficient (Wildman–Crippen LogP) is -0.876. The van der Waals surface area contributed by atoms with Crippen LogP contribution in [-0.4, -0.2) is 30.9 Å². The molecule has 0 amide bonds. The quantitative estimate of drug-likeness (QED) is 0.643. The van der Waals surface area contributed by atoms with Crippen molar-refractivity contribution in [3.05, 3.63) is 21.6 Å². The molecule has 1 aromatic rings. The van der Waals surface area contributed by atoms with Gasteiger partial charge < -0.3 is 5.32 Å². The maximum absolute atomic E-state index is 11.0. The van der Waals surface area contributed by atoms with Crippen LogP contribution in [0.15, 0.2) is 11.0 Å². The SMILES string of the molecule is NS(=O)(=O)CCNc1cn[nH]c(=O)c1Cl. The number of primary sulfonamides is 1. The van der Waals surface area contributed by atoms with Crippen LogP contribution in [0.4, 0.5) is 5.69 Å². The summed E-state index contributed by atoms with van der Waals surface area (Å²) in [6.45, 7) is 0.0592. The van der Waals surface area contributed by atoms with Crippen LogP contribution in [0, 0.1) is 0 Å². The molecule has 15 heavy (non-hydrogen) atoms. The number of aromatic amines is 1. The van der Waals surface area contributed by atoms with Crippen molar-refractivity contribution in [2.75, 3.05) is 17.6 Å². The summed E-state index contributed by atoms with van der Waals surface area (Å²) in [6.07, 6.45) is 1.28. The minimum absolute atomic E-state index is 0.0592. The van der Waals surface area contributed by atoms with Crippen molar-refractivity contribution in [1.29, 1.82) is 0 Å². The van der Waals surface area contributed by atoms with Gasteiger partial charge in [-0.05, 0) is 0 Å². The fourth-order valence-electron chi connectivity index (χ4n) is 0.835. The average molecular weight is 253 g/mol. The van der Waals surface area contributed by atoms with E-state index in [1.165, 1.54) is 6.20 Å². The Hall–Kier alpha value is -1.12. The van der Waals surface area contributed by atoms with Gasteiger partial charge in [0.05, 0.1) is 17.6 Å². The molecule has 0 bridgehead atoms. The second kappa shape index (κ2) is 4.60.